The number of non-ortho nitro benzene ring substituents is 1. The maximum Gasteiger partial charge on any atom is 0.269 e. The van der Waals surface area contributed by atoms with E-state index in [4.69, 9.17) is 0 Å². The molecule has 0 saturated heterocycles. The van der Waals surface area contributed by atoms with Crippen molar-refractivity contribution in [1.29, 1.82) is 0 Å². The van der Waals surface area contributed by atoms with E-state index in [1.807, 2.05) is 38.1 Å². The van der Waals surface area contributed by atoms with Crippen LogP contribution in [0.2, 0.25) is 0 Å². The molecule has 0 aliphatic carbocycles. The summed E-state index contributed by atoms with van der Waals surface area (Å²) in [5, 5.41) is 11.5. The lowest BCUT2D eigenvalue weighted by Gasteiger charge is -2.22. The highest BCUT2D eigenvalue weighted by Crippen LogP contribution is 2.30. The number of hydrogen-bond donors (Lipinski definition) is 0. The first-order valence-corrected chi connectivity index (χ1v) is 9.25. The molecule has 1 heterocycles. The number of aromatic nitrogens is 1. The highest BCUT2D eigenvalue weighted by molar-refractivity contribution is 7.22. The molecule has 0 unspecified atom stereocenters. The highest BCUT2D eigenvalue weighted by atomic mass is 32.1. The number of anilines is 1. The monoisotopic (exact) mass is 384 g/mol. The van der Waals surface area contributed by atoms with Crippen LogP contribution in [0.25, 0.3) is 10.2 Å². The Morgan fingerprint density at radius 3 is 2.48 bits per heavy atom. The molecule has 0 fully saturated rings. The van der Waals surface area contributed by atoms with Crippen LogP contribution in [0, 0.1) is 17.0 Å². The van der Waals surface area contributed by atoms with Crippen LogP contribution < -0.4 is 4.90 Å². The molecule has 2 aromatic carbocycles. The van der Waals surface area contributed by atoms with Crippen LogP contribution in [0.1, 0.15) is 15.9 Å². The summed E-state index contributed by atoms with van der Waals surface area (Å²) in [5.41, 5.74) is 2.35. The number of rotatable bonds is 6. The molecule has 0 spiro atoms. The predicted octanol–water partition coefficient (Wildman–Crippen LogP) is 3.72. The predicted molar refractivity (Wildman–Crippen MR) is 108 cm³/mol. The van der Waals surface area contributed by atoms with E-state index >= 15 is 0 Å². The van der Waals surface area contributed by atoms with Crippen LogP contribution in [0.5, 0.6) is 0 Å². The number of hydrogen-bond acceptors (Lipinski definition) is 6. The van der Waals surface area contributed by atoms with Gasteiger partial charge in [-0.2, -0.15) is 0 Å². The van der Waals surface area contributed by atoms with E-state index in [9.17, 15) is 14.9 Å². The Kier molecular flexibility index (Phi) is 5.48. The minimum Gasteiger partial charge on any atom is -0.308 e. The molecule has 3 aromatic rings. The first kappa shape index (κ1) is 18.9. The van der Waals surface area contributed by atoms with Crippen molar-refractivity contribution < 1.29 is 9.72 Å². The topological polar surface area (TPSA) is 79.6 Å². The average Bonchev–Trinajstić information content (AvgIpc) is 3.04. The van der Waals surface area contributed by atoms with Gasteiger partial charge in [-0.25, -0.2) is 4.98 Å². The van der Waals surface area contributed by atoms with Gasteiger partial charge < -0.3 is 4.90 Å². The lowest BCUT2D eigenvalue weighted by molar-refractivity contribution is -0.384. The zero-order chi connectivity index (χ0) is 19.6. The molecular formula is C19H20N4O3S. The van der Waals surface area contributed by atoms with E-state index in [1.54, 1.807) is 4.90 Å². The largest absolute Gasteiger partial charge is 0.308 e. The number of carbonyl (C=O) groups excluding carboxylic acids is 1. The van der Waals surface area contributed by atoms with Crippen molar-refractivity contribution in [3.63, 3.8) is 0 Å². The molecule has 140 valence electrons. The van der Waals surface area contributed by atoms with Gasteiger partial charge in [-0.3, -0.25) is 19.8 Å². The molecule has 7 nitrogen and oxygen atoms in total. The van der Waals surface area contributed by atoms with Gasteiger partial charge in [-0.15, -0.1) is 0 Å². The first-order chi connectivity index (χ1) is 12.8. The molecular weight excluding hydrogens is 364 g/mol. The normalized spacial score (nSPS) is 11.1. The molecule has 0 bridgehead atoms. The highest BCUT2D eigenvalue weighted by Gasteiger charge is 2.22. The lowest BCUT2D eigenvalue weighted by Crippen LogP contribution is -2.36. The van der Waals surface area contributed by atoms with E-state index in [-0.39, 0.29) is 11.6 Å². The molecule has 0 aliphatic heterocycles. The van der Waals surface area contributed by atoms with Gasteiger partial charge in [0.25, 0.3) is 11.6 Å². The Morgan fingerprint density at radius 1 is 1.15 bits per heavy atom. The molecule has 0 atom stereocenters. The molecule has 0 aliphatic rings. The second-order valence-electron chi connectivity index (χ2n) is 6.53. The molecule has 0 saturated carbocycles. The van der Waals surface area contributed by atoms with Gasteiger partial charge in [0.2, 0.25) is 0 Å². The third-order valence-electron chi connectivity index (χ3n) is 4.10. The zero-order valence-corrected chi connectivity index (χ0v) is 16.2. The maximum atomic E-state index is 13.1. The Morgan fingerprint density at radius 2 is 1.85 bits per heavy atom. The summed E-state index contributed by atoms with van der Waals surface area (Å²) in [4.78, 5) is 31.7. The quantitative estimate of drug-likeness (QED) is 0.478. The van der Waals surface area contributed by atoms with Crippen molar-refractivity contribution in [2.45, 2.75) is 6.92 Å². The van der Waals surface area contributed by atoms with Crippen LogP contribution >= 0.6 is 11.3 Å². The minimum absolute atomic E-state index is 0.0400. The fraction of sp³-hybridized carbons (Fsp3) is 0.263. The Balaban J connectivity index is 1.95. The number of nitro benzene ring substituents is 1. The molecule has 1 aromatic heterocycles. The van der Waals surface area contributed by atoms with Gasteiger partial charge in [0, 0.05) is 30.8 Å². The third kappa shape index (κ3) is 4.29. The molecule has 0 N–H and O–H groups in total. The van der Waals surface area contributed by atoms with E-state index < -0.39 is 4.92 Å². The number of aryl methyl sites for hydroxylation is 1. The van der Waals surface area contributed by atoms with E-state index in [2.05, 4.69) is 11.1 Å². The summed E-state index contributed by atoms with van der Waals surface area (Å²) < 4.78 is 1.02. The summed E-state index contributed by atoms with van der Waals surface area (Å²) in [5.74, 6) is -0.220. The van der Waals surface area contributed by atoms with Crippen LogP contribution in [0.3, 0.4) is 0 Å². The maximum absolute atomic E-state index is 13.1. The first-order valence-electron chi connectivity index (χ1n) is 8.43. The van der Waals surface area contributed by atoms with Crippen molar-refractivity contribution in [3.05, 3.63) is 63.7 Å². The Bertz CT molecular complexity index is 982. The van der Waals surface area contributed by atoms with Gasteiger partial charge >= 0.3 is 0 Å². The van der Waals surface area contributed by atoms with Crippen molar-refractivity contribution in [1.82, 2.24) is 9.88 Å². The molecule has 8 heteroatoms. The summed E-state index contributed by atoms with van der Waals surface area (Å²) in [6.07, 6.45) is 0. The SMILES string of the molecule is Cc1ccc2nc(N(CCN(C)C)C(=O)c3ccc([N+](=O)[O-])cc3)sc2c1. The number of amides is 1. The summed E-state index contributed by atoms with van der Waals surface area (Å²) >= 11 is 1.47. The van der Waals surface area contributed by atoms with Crippen LogP contribution in [0.15, 0.2) is 42.5 Å². The van der Waals surface area contributed by atoms with Gasteiger partial charge in [0.05, 0.1) is 15.1 Å². The van der Waals surface area contributed by atoms with E-state index in [0.717, 1.165) is 15.8 Å². The smallest absolute Gasteiger partial charge is 0.269 e. The number of likely N-dealkylation sites (N-methyl/N-ethyl adjacent to an activating group) is 1. The van der Waals surface area contributed by atoms with Crippen molar-refractivity contribution in [3.8, 4) is 0 Å². The number of nitrogens with zero attached hydrogens (tertiary/aromatic N) is 4. The molecule has 3 rings (SSSR count). The van der Waals surface area contributed by atoms with Gasteiger partial charge in [-0.1, -0.05) is 17.4 Å². The Labute approximate surface area is 161 Å². The second-order valence-corrected chi connectivity index (χ2v) is 7.54. The molecule has 27 heavy (non-hydrogen) atoms. The lowest BCUT2D eigenvalue weighted by atomic mass is 10.2. The molecule has 0 radical (unpaired) electrons. The minimum atomic E-state index is -0.478. The second kappa shape index (κ2) is 7.81. The van der Waals surface area contributed by atoms with Crippen LogP contribution in [0.4, 0.5) is 10.8 Å². The zero-order valence-electron chi connectivity index (χ0n) is 15.4. The van der Waals surface area contributed by atoms with Crippen molar-refractivity contribution in [2.24, 2.45) is 0 Å². The Hall–Kier alpha value is -2.84. The number of benzene rings is 2. The fourth-order valence-electron chi connectivity index (χ4n) is 2.60. The molecule has 1 amide bonds. The van der Waals surface area contributed by atoms with E-state index in [0.29, 0.717) is 23.8 Å². The number of thiazole rings is 1. The summed E-state index contributed by atoms with van der Waals surface area (Å²) in [6, 6.07) is 11.7. The number of fused-ring (bicyclic) bond motifs is 1. The fourth-order valence-corrected chi connectivity index (χ4v) is 3.69. The third-order valence-corrected chi connectivity index (χ3v) is 5.15. The van der Waals surface area contributed by atoms with Crippen molar-refractivity contribution >= 4 is 38.3 Å². The van der Waals surface area contributed by atoms with Gasteiger partial charge in [-0.05, 0) is 50.8 Å². The van der Waals surface area contributed by atoms with Gasteiger partial charge in [0.1, 0.15) is 0 Å². The van der Waals surface area contributed by atoms with Crippen molar-refractivity contribution in [2.75, 3.05) is 32.1 Å². The van der Waals surface area contributed by atoms with E-state index in [1.165, 1.54) is 35.6 Å². The number of nitro groups is 1. The average molecular weight is 384 g/mol. The number of carbonyl (C=O) groups is 1. The standard InChI is InChI=1S/C19H20N4O3S/c1-13-4-9-16-17(12-13)27-19(20-16)22(11-10-21(2)3)18(24)14-5-7-15(8-6-14)23(25)26/h4-9,12H,10-11H2,1-3H3. The summed E-state index contributed by atoms with van der Waals surface area (Å²) in [6.45, 7) is 3.17. The summed E-state index contributed by atoms with van der Waals surface area (Å²) in [7, 11) is 3.88. The van der Waals surface area contributed by atoms with Crippen LogP contribution in [-0.4, -0.2) is 47.9 Å². The van der Waals surface area contributed by atoms with Gasteiger partial charge in [0.15, 0.2) is 5.13 Å². The van der Waals surface area contributed by atoms with Crippen LogP contribution in [-0.2, 0) is 0 Å².